The average molecular weight is 290 g/mol. The number of hydrogen-bond acceptors (Lipinski definition) is 7. The molecule has 2 N–H and O–H groups in total. The van der Waals surface area contributed by atoms with Crippen molar-refractivity contribution < 1.29 is 38.9 Å². The van der Waals surface area contributed by atoms with Crippen LogP contribution in [-0.4, -0.2) is 45.3 Å². The van der Waals surface area contributed by atoms with Crippen LogP contribution in [0.3, 0.4) is 0 Å². The second-order valence-corrected chi connectivity index (χ2v) is 5.25. The fourth-order valence-electron chi connectivity index (χ4n) is 1.27. The maximum atomic E-state index is 11.8. The molecular weight excluding hydrogens is 272 g/mol. The summed E-state index contributed by atoms with van der Waals surface area (Å²) in [6.07, 6.45) is -2.04. The van der Waals surface area contributed by atoms with Gasteiger partial charge in [0.25, 0.3) is 0 Å². The SMILES string of the molecule is CC(=O)OC(=O)CC(O)(CC(=O)O)C(=O)OC(C)(C)C. The van der Waals surface area contributed by atoms with Crippen molar-refractivity contribution in [1.82, 2.24) is 0 Å². The van der Waals surface area contributed by atoms with E-state index in [-0.39, 0.29) is 0 Å². The molecule has 0 aliphatic carbocycles. The van der Waals surface area contributed by atoms with Crippen LogP contribution in [0.4, 0.5) is 0 Å². The highest BCUT2D eigenvalue weighted by molar-refractivity contribution is 5.92. The lowest BCUT2D eigenvalue weighted by atomic mass is 9.95. The van der Waals surface area contributed by atoms with Crippen molar-refractivity contribution in [3.8, 4) is 0 Å². The summed E-state index contributed by atoms with van der Waals surface area (Å²) in [5, 5.41) is 18.7. The third-order valence-electron chi connectivity index (χ3n) is 1.92. The highest BCUT2D eigenvalue weighted by Gasteiger charge is 2.44. The van der Waals surface area contributed by atoms with Crippen LogP contribution in [0, 0.1) is 0 Å². The molecule has 0 aliphatic rings. The molecule has 0 amide bonds. The monoisotopic (exact) mass is 290 g/mol. The van der Waals surface area contributed by atoms with Gasteiger partial charge in [-0.2, -0.15) is 0 Å². The van der Waals surface area contributed by atoms with Crippen LogP contribution in [0.15, 0.2) is 0 Å². The largest absolute Gasteiger partial charge is 0.481 e. The zero-order valence-electron chi connectivity index (χ0n) is 11.8. The molecule has 0 saturated carbocycles. The first-order valence-corrected chi connectivity index (χ1v) is 5.74. The Hall–Kier alpha value is -1.96. The lowest BCUT2D eigenvalue weighted by Crippen LogP contribution is -2.47. The van der Waals surface area contributed by atoms with Gasteiger partial charge in [0.15, 0.2) is 5.60 Å². The van der Waals surface area contributed by atoms with E-state index in [9.17, 15) is 24.3 Å². The molecule has 0 aromatic heterocycles. The van der Waals surface area contributed by atoms with Gasteiger partial charge in [-0.15, -0.1) is 0 Å². The first kappa shape index (κ1) is 18.0. The zero-order valence-corrected chi connectivity index (χ0v) is 11.8. The van der Waals surface area contributed by atoms with Crippen LogP contribution in [0.25, 0.3) is 0 Å². The molecule has 1 unspecified atom stereocenters. The van der Waals surface area contributed by atoms with Gasteiger partial charge in [0.2, 0.25) is 0 Å². The number of carboxylic acids is 1. The minimum atomic E-state index is -2.59. The predicted octanol–water partition coefficient (Wildman–Crippen LogP) is 0.0137. The molecule has 0 aromatic rings. The smallest absolute Gasteiger partial charge is 0.339 e. The van der Waals surface area contributed by atoms with Gasteiger partial charge in [-0.25, -0.2) is 4.79 Å². The van der Waals surface area contributed by atoms with Crippen molar-refractivity contribution in [2.24, 2.45) is 0 Å². The van der Waals surface area contributed by atoms with E-state index in [0.717, 1.165) is 6.92 Å². The summed E-state index contributed by atoms with van der Waals surface area (Å²) < 4.78 is 9.03. The van der Waals surface area contributed by atoms with Crippen molar-refractivity contribution in [2.45, 2.75) is 51.7 Å². The molecule has 1 atom stereocenters. The summed E-state index contributed by atoms with van der Waals surface area (Å²) in [7, 11) is 0. The van der Waals surface area contributed by atoms with Crippen molar-refractivity contribution >= 4 is 23.9 Å². The molecule has 0 heterocycles. The van der Waals surface area contributed by atoms with Gasteiger partial charge in [0, 0.05) is 6.92 Å². The first-order valence-electron chi connectivity index (χ1n) is 5.74. The Morgan fingerprint density at radius 3 is 1.90 bits per heavy atom. The van der Waals surface area contributed by atoms with Crippen molar-refractivity contribution in [3.63, 3.8) is 0 Å². The summed E-state index contributed by atoms with van der Waals surface area (Å²) in [6.45, 7) is 5.50. The number of hydrogen-bond donors (Lipinski definition) is 2. The van der Waals surface area contributed by atoms with Gasteiger partial charge in [-0.05, 0) is 20.8 Å². The molecule has 0 spiro atoms. The predicted molar refractivity (Wildman–Crippen MR) is 64.4 cm³/mol. The van der Waals surface area contributed by atoms with Crippen LogP contribution in [0.5, 0.6) is 0 Å². The number of aliphatic carboxylic acids is 1. The Morgan fingerprint density at radius 2 is 1.55 bits per heavy atom. The van der Waals surface area contributed by atoms with Crippen LogP contribution in [0.2, 0.25) is 0 Å². The molecule has 8 nitrogen and oxygen atoms in total. The second-order valence-electron chi connectivity index (χ2n) is 5.25. The summed E-state index contributed by atoms with van der Waals surface area (Å²) in [4.78, 5) is 44.4. The molecule has 0 rings (SSSR count). The average Bonchev–Trinajstić information content (AvgIpc) is 2.10. The molecule has 114 valence electrons. The van der Waals surface area contributed by atoms with E-state index >= 15 is 0 Å². The van der Waals surface area contributed by atoms with E-state index < -0.39 is 47.9 Å². The van der Waals surface area contributed by atoms with Gasteiger partial charge >= 0.3 is 23.9 Å². The Bertz CT molecular complexity index is 420. The molecule has 0 radical (unpaired) electrons. The second kappa shape index (κ2) is 6.47. The number of esters is 3. The molecule has 0 aliphatic heterocycles. The summed E-state index contributed by atoms with van der Waals surface area (Å²) in [6, 6.07) is 0. The van der Waals surface area contributed by atoms with Gasteiger partial charge in [-0.3, -0.25) is 14.4 Å². The standard InChI is InChI=1S/C12H18O8/c1-7(13)19-9(16)6-12(18,5-8(14)15)10(17)20-11(2,3)4/h18H,5-6H2,1-4H3,(H,14,15). The minimum absolute atomic E-state index is 0.933. The van der Waals surface area contributed by atoms with Crippen LogP contribution in [0.1, 0.15) is 40.5 Å². The highest BCUT2D eigenvalue weighted by atomic mass is 16.6. The molecular formula is C12H18O8. The Labute approximate surface area is 115 Å². The van der Waals surface area contributed by atoms with Crippen LogP contribution in [-0.2, 0) is 28.7 Å². The lowest BCUT2D eigenvalue weighted by Gasteiger charge is -2.28. The topological polar surface area (TPSA) is 127 Å². The zero-order chi connectivity index (χ0) is 16.1. The fourth-order valence-corrected chi connectivity index (χ4v) is 1.27. The number of carbonyl (C=O) groups excluding carboxylic acids is 3. The van der Waals surface area contributed by atoms with E-state index in [1.807, 2.05) is 0 Å². The van der Waals surface area contributed by atoms with E-state index in [0.29, 0.717) is 0 Å². The van der Waals surface area contributed by atoms with Gasteiger partial charge in [0.05, 0.1) is 12.8 Å². The van der Waals surface area contributed by atoms with E-state index in [1.165, 1.54) is 20.8 Å². The third-order valence-corrected chi connectivity index (χ3v) is 1.92. The van der Waals surface area contributed by atoms with Crippen molar-refractivity contribution in [2.75, 3.05) is 0 Å². The number of carboxylic acid groups (broad SMARTS) is 1. The number of ether oxygens (including phenoxy) is 2. The number of rotatable bonds is 5. The van der Waals surface area contributed by atoms with Gasteiger partial charge in [-0.1, -0.05) is 0 Å². The van der Waals surface area contributed by atoms with Gasteiger partial charge in [0.1, 0.15) is 5.60 Å². The molecule has 20 heavy (non-hydrogen) atoms. The third kappa shape index (κ3) is 6.83. The maximum absolute atomic E-state index is 11.8. The summed E-state index contributed by atoms with van der Waals surface area (Å²) in [5.41, 5.74) is -3.57. The minimum Gasteiger partial charge on any atom is -0.481 e. The quantitative estimate of drug-likeness (QED) is 0.535. The van der Waals surface area contributed by atoms with E-state index in [2.05, 4.69) is 4.74 Å². The van der Waals surface area contributed by atoms with Crippen molar-refractivity contribution in [1.29, 1.82) is 0 Å². The molecule has 8 heteroatoms. The summed E-state index contributed by atoms with van der Waals surface area (Å²) >= 11 is 0. The number of carbonyl (C=O) groups is 4. The Balaban J connectivity index is 5.09. The normalized spacial score (nSPS) is 14.1. The van der Waals surface area contributed by atoms with Crippen LogP contribution < -0.4 is 0 Å². The highest BCUT2D eigenvalue weighted by Crippen LogP contribution is 2.22. The Morgan fingerprint density at radius 1 is 1.05 bits per heavy atom. The van der Waals surface area contributed by atoms with Crippen LogP contribution >= 0.6 is 0 Å². The molecule has 0 aromatic carbocycles. The van der Waals surface area contributed by atoms with E-state index in [4.69, 9.17) is 9.84 Å². The van der Waals surface area contributed by atoms with Gasteiger partial charge < -0.3 is 19.7 Å². The molecule has 0 bridgehead atoms. The van der Waals surface area contributed by atoms with Crippen molar-refractivity contribution in [3.05, 3.63) is 0 Å². The fraction of sp³-hybridized carbons (Fsp3) is 0.667. The first-order chi connectivity index (χ1) is 8.85. The lowest BCUT2D eigenvalue weighted by molar-refractivity contribution is -0.186. The molecule has 0 saturated heterocycles. The Kier molecular flexibility index (Phi) is 5.83. The van der Waals surface area contributed by atoms with E-state index in [1.54, 1.807) is 0 Å². The molecule has 0 fully saturated rings. The summed E-state index contributed by atoms with van der Waals surface area (Å²) in [5.74, 6) is -4.93. The number of aliphatic hydroxyl groups is 1. The maximum Gasteiger partial charge on any atom is 0.339 e.